The Kier molecular flexibility index (Phi) is 5.90. The first-order valence-electron chi connectivity index (χ1n) is 8.62. The van der Waals surface area contributed by atoms with E-state index in [-0.39, 0.29) is 17.6 Å². The molecule has 0 radical (unpaired) electrons. The first-order chi connectivity index (χ1) is 12.1. The number of halogens is 1. The lowest BCUT2D eigenvalue weighted by atomic mass is 9.96. The minimum atomic E-state index is -0.177. The summed E-state index contributed by atoms with van der Waals surface area (Å²) >= 11 is 5.87. The van der Waals surface area contributed by atoms with Crippen LogP contribution in [-0.2, 0) is 11.3 Å². The molecule has 0 aliphatic carbocycles. The third-order valence-corrected chi connectivity index (χ3v) is 4.84. The van der Waals surface area contributed by atoms with E-state index in [9.17, 15) is 9.90 Å². The summed E-state index contributed by atoms with van der Waals surface area (Å²) in [6, 6.07) is 16.8. The Bertz CT molecular complexity index is 740. The van der Waals surface area contributed by atoms with Gasteiger partial charge < -0.3 is 5.11 Å². The molecule has 0 spiro atoms. The van der Waals surface area contributed by atoms with Crippen molar-refractivity contribution in [3.63, 3.8) is 0 Å². The number of rotatable bonds is 5. The number of piperidine rings is 1. The highest BCUT2D eigenvalue weighted by atomic mass is 35.5. The fourth-order valence-electron chi connectivity index (χ4n) is 3.26. The molecule has 130 valence electrons. The summed E-state index contributed by atoms with van der Waals surface area (Å²) in [6.45, 7) is 1.66. The van der Waals surface area contributed by atoms with Crippen molar-refractivity contribution in [3.8, 4) is 0 Å². The van der Waals surface area contributed by atoms with Crippen LogP contribution in [0.4, 0.5) is 0 Å². The molecule has 1 aliphatic rings. The second-order valence-electron chi connectivity index (χ2n) is 6.41. The Morgan fingerprint density at radius 2 is 1.84 bits per heavy atom. The van der Waals surface area contributed by atoms with Crippen LogP contribution in [0, 0.1) is 0 Å². The topological polar surface area (TPSA) is 40.5 Å². The summed E-state index contributed by atoms with van der Waals surface area (Å²) in [5.74, 6) is -0.0463. The maximum atomic E-state index is 12.7. The Balaban J connectivity index is 1.74. The molecule has 1 N–H and O–H groups in total. The van der Waals surface area contributed by atoms with E-state index in [0.717, 1.165) is 32.4 Å². The lowest BCUT2D eigenvalue weighted by molar-refractivity contribution is -0.121. The van der Waals surface area contributed by atoms with E-state index in [1.165, 1.54) is 11.6 Å². The molecule has 3 nitrogen and oxygen atoms in total. The van der Waals surface area contributed by atoms with Gasteiger partial charge in [0.2, 0.25) is 0 Å². The van der Waals surface area contributed by atoms with E-state index in [0.29, 0.717) is 10.6 Å². The van der Waals surface area contributed by atoms with Crippen LogP contribution >= 0.6 is 11.6 Å². The van der Waals surface area contributed by atoms with Gasteiger partial charge in [0.15, 0.2) is 5.78 Å². The maximum Gasteiger partial charge on any atom is 0.176 e. The van der Waals surface area contributed by atoms with E-state index < -0.39 is 0 Å². The van der Waals surface area contributed by atoms with Gasteiger partial charge in [-0.15, -0.1) is 0 Å². The molecule has 1 fully saturated rings. The van der Waals surface area contributed by atoms with Crippen LogP contribution < -0.4 is 0 Å². The monoisotopic (exact) mass is 355 g/mol. The molecule has 1 atom stereocenters. The van der Waals surface area contributed by atoms with Gasteiger partial charge in [-0.05, 0) is 49.2 Å². The Labute approximate surface area is 153 Å². The predicted octanol–water partition coefficient (Wildman–Crippen LogP) is 4.86. The lowest BCUT2D eigenvalue weighted by Crippen LogP contribution is -2.43. The van der Waals surface area contributed by atoms with Gasteiger partial charge in [-0.1, -0.05) is 48.4 Å². The molecule has 0 bridgehead atoms. The van der Waals surface area contributed by atoms with Crippen LogP contribution in [0.25, 0.3) is 5.76 Å². The van der Waals surface area contributed by atoms with Crippen molar-refractivity contribution in [2.24, 2.45) is 0 Å². The summed E-state index contributed by atoms with van der Waals surface area (Å²) in [5, 5.41) is 10.9. The average Bonchev–Trinajstić information content (AvgIpc) is 2.63. The third-order valence-electron chi connectivity index (χ3n) is 4.59. The van der Waals surface area contributed by atoms with Crippen LogP contribution in [0.2, 0.25) is 5.02 Å². The number of carbonyl (C=O) groups excluding carboxylic acids is 1. The van der Waals surface area contributed by atoms with Crippen molar-refractivity contribution in [1.29, 1.82) is 0 Å². The van der Waals surface area contributed by atoms with Crippen LogP contribution in [0.1, 0.15) is 30.4 Å². The lowest BCUT2D eigenvalue weighted by Gasteiger charge is -2.34. The minimum absolute atomic E-state index is 0.00750. The van der Waals surface area contributed by atoms with Gasteiger partial charge in [0.1, 0.15) is 5.76 Å². The summed E-state index contributed by atoms with van der Waals surface area (Å²) in [7, 11) is 0. The van der Waals surface area contributed by atoms with Gasteiger partial charge in [-0.25, -0.2) is 0 Å². The number of nitrogens with zero attached hydrogens (tertiary/aromatic N) is 1. The van der Waals surface area contributed by atoms with Gasteiger partial charge in [-0.3, -0.25) is 9.69 Å². The van der Waals surface area contributed by atoms with Gasteiger partial charge >= 0.3 is 0 Å². The molecule has 1 unspecified atom stereocenters. The fraction of sp³-hybridized carbons (Fsp3) is 0.286. The molecule has 2 aromatic rings. The second kappa shape index (κ2) is 8.32. The molecule has 25 heavy (non-hydrogen) atoms. The number of aliphatic hydroxyl groups excluding tert-OH is 1. The molecule has 2 aromatic carbocycles. The molecular formula is C21H22ClNO2. The van der Waals surface area contributed by atoms with E-state index in [4.69, 9.17) is 11.6 Å². The molecule has 4 heteroatoms. The predicted molar refractivity (Wildman–Crippen MR) is 102 cm³/mol. The van der Waals surface area contributed by atoms with Crippen molar-refractivity contribution < 1.29 is 9.90 Å². The molecule has 1 heterocycles. The van der Waals surface area contributed by atoms with Crippen LogP contribution in [0.5, 0.6) is 0 Å². The number of hydrogen-bond donors (Lipinski definition) is 1. The van der Waals surface area contributed by atoms with Crippen LogP contribution in [-0.4, -0.2) is 28.4 Å². The van der Waals surface area contributed by atoms with Crippen molar-refractivity contribution in [2.75, 3.05) is 6.54 Å². The molecule has 0 saturated carbocycles. The Hall–Kier alpha value is -2.10. The molecule has 1 aliphatic heterocycles. The zero-order valence-corrected chi connectivity index (χ0v) is 14.8. The number of benzene rings is 2. The number of carbonyl (C=O) groups is 1. The standard InChI is InChI=1S/C21H22ClNO2/c22-18-11-9-17(10-12-18)20(24)14-21(25)19-8-4-5-13-23(19)15-16-6-2-1-3-7-16/h1-3,6-7,9-12,14,19,24H,4-5,8,13,15H2/b20-14-. The van der Waals surface area contributed by atoms with Gasteiger partial charge in [0.25, 0.3) is 0 Å². The number of aliphatic hydroxyl groups is 1. The number of ketones is 1. The first-order valence-corrected chi connectivity index (χ1v) is 9.00. The summed E-state index contributed by atoms with van der Waals surface area (Å²) in [5.41, 5.74) is 1.80. The van der Waals surface area contributed by atoms with Crippen LogP contribution in [0.3, 0.4) is 0 Å². The first kappa shape index (κ1) is 17.7. The van der Waals surface area contributed by atoms with Gasteiger partial charge in [-0.2, -0.15) is 0 Å². The molecular weight excluding hydrogens is 334 g/mol. The minimum Gasteiger partial charge on any atom is -0.507 e. The second-order valence-corrected chi connectivity index (χ2v) is 6.84. The number of likely N-dealkylation sites (tertiary alicyclic amines) is 1. The fourth-order valence-corrected chi connectivity index (χ4v) is 3.38. The highest BCUT2D eigenvalue weighted by Gasteiger charge is 2.27. The van der Waals surface area contributed by atoms with E-state index in [1.807, 2.05) is 18.2 Å². The largest absolute Gasteiger partial charge is 0.507 e. The van der Waals surface area contributed by atoms with Gasteiger partial charge in [0.05, 0.1) is 6.04 Å². The molecule has 1 saturated heterocycles. The van der Waals surface area contributed by atoms with Crippen LogP contribution in [0.15, 0.2) is 60.7 Å². The SMILES string of the molecule is O=C(/C=C(\O)c1ccc(Cl)cc1)C1CCCCN1Cc1ccccc1. The zero-order chi connectivity index (χ0) is 17.6. The smallest absolute Gasteiger partial charge is 0.176 e. The summed E-state index contributed by atoms with van der Waals surface area (Å²) in [6.07, 6.45) is 4.33. The quantitative estimate of drug-likeness (QED) is 0.615. The Morgan fingerprint density at radius 3 is 2.56 bits per heavy atom. The molecule has 3 rings (SSSR count). The van der Waals surface area contributed by atoms with E-state index >= 15 is 0 Å². The summed E-state index contributed by atoms with van der Waals surface area (Å²) in [4.78, 5) is 15.0. The van der Waals surface area contributed by atoms with Crippen molar-refractivity contribution in [3.05, 3.63) is 76.8 Å². The van der Waals surface area contributed by atoms with Crippen molar-refractivity contribution >= 4 is 23.1 Å². The molecule has 0 amide bonds. The van der Waals surface area contributed by atoms with E-state index in [2.05, 4.69) is 17.0 Å². The average molecular weight is 356 g/mol. The third kappa shape index (κ3) is 4.71. The van der Waals surface area contributed by atoms with Gasteiger partial charge in [0, 0.05) is 23.2 Å². The Morgan fingerprint density at radius 1 is 1.12 bits per heavy atom. The highest BCUT2D eigenvalue weighted by molar-refractivity contribution is 6.30. The normalized spacial score (nSPS) is 18.9. The zero-order valence-electron chi connectivity index (χ0n) is 14.1. The number of hydrogen-bond acceptors (Lipinski definition) is 3. The summed E-state index contributed by atoms with van der Waals surface area (Å²) < 4.78 is 0. The highest BCUT2D eigenvalue weighted by Crippen LogP contribution is 2.22. The van der Waals surface area contributed by atoms with Crippen molar-refractivity contribution in [1.82, 2.24) is 4.90 Å². The van der Waals surface area contributed by atoms with E-state index in [1.54, 1.807) is 24.3 Å². The maximum absolute atomic E-state index is 12.7. The van der Waals surface area contributed by atoms with Crippen molar-refractivity contribution in [2.45, 2.75) is 31.8 Å². The molecule has 0 aromatic heterocycles.